The molecule has 24 heavy (non-hydrogen) atoms. The van der Waals surface area contributed by atoms with Gasteiger partial charge < -0.3 is 14.8 Å². The van der Waals surface area contributed by atoms with Crippen LogP contribution < -0.4 is 14.8 Å². The molecule has 0 bridgehead atoms. The number of carbonyl (C=O) groups excluding carboxylic acids is 1. The number of pyridine rings is 1. The Labute approximate surface area is 142 Å². The normalized spacial score (nSPS) is 12.7. The number of hydrogen-bond acceptors (Lipinski definition) is 5. The highest BCUT2D eigenvalue weighted by Crippen LogP contribution is 2.32. The molecule has 0 radical (unpaired) electrons. The minimum Gasteiger partial charge on any atom is -0.486 e. The highest BCUT2D eigenvalue weighted by Gasteiger charge is 2.14. The van der Waals surface area contributed by atoms with Gasteiger partial charge in [0.2, 0.25) is 0 Å². The molecule has 1 aromatic carbocycles. The third-order valence-electron chi connectivity index (χ3n) is 3.61. The van der Waals surface area contributed by atoms with Gasteiger partial charge in [0.1, 0.15) is 13.2 Å². The van der Waals surface area contributed by atoms with Gasteiger partial charge in [-0.25, -0.2) is 0 Å². The molecule has 1 aliphatic rings. The van der Waals surface area contributed by atoms with Gasteiger partial charge in [0.25, 0.3) is 5.91 Å². The summed E-state index contributed by atoms with van der Waals surface area (Å²) in [5.74, 6) is 1.13. The van der Waals surface area contributed by atoms with E-state index in [2.05, 4.69) is 10.3 Å². The molecule has 3 heterocycles. The van der Waals surface area contributed by atoms with Crippen LogP contribution in [0.2, 0.25) is 0 Å². The predicted octanol–water partition coefficient (Wildman–Crippen LogP) is 3.83. The van der Waals surface area contributed by atoms with E-state index in [1.54, 1.807) is 41.9 Å². The van der Waals surface area contributed by atoms with Crippen LogP contribution in [0, 0.1) is 0 Å². The largest absolute Gasteiger partial charge is 0.486 e. The van der Waals surface area contributed by atoms with Crippen LogP contribution in [0.25, 0.3) is 10.4 Å². The van der Waals surface area contributed by atoms with Crippen molar-refractivity contribution in [3.63, 3.8) is 0 Å². The number of benzene rings is 1. The van der Waals surface area contributed by atoms with E-state index in [4.69, 9.17) is 9.47 Å². The molecule has 0 fully saturated rings. The van der Waals surface area contributed by atoms with E-state index < -0.39 is 0 Å². The van der Waals surface area contributed by atoms with Crippen molar-refractivity contribution in [2.45, 2.75) is 0 Å². The van der Waals surface area contributed by atoms with Crippen LogP contribution in [-0.4, -0.2) is 24.1 Å². The molecule has 0 saturated heterocycles. The smallest absolute Gasteiger partial charge is 0.257 e. The molecule has 2 aromatic heterocycles. The Morgan fingerprint density at radius 3 is 2.79 bits per heavy atom. The molecule has 0 unspecified atom stereocenters. The maximum Gasteiger partial charge on any atom is 0.257 e. The standard InChI is InChI=1S/C18H14N2O3S/c21-18(13-8-12(10-19-11-13)17-2-1-7-24-17)20-14-3-4-15-16(9-14)23-6-5-22-15/h1-4,7-11H,5-6H2,(H,20,21). The van der Waals surface area contributed by atoms with Gasteiger partial charge in [-0.3, -0.25) is 9.78 Å². The number of anilines is 1. The van der Waals surface area contributed by atoms with Crippen LogP contribution in [0.4, 0.5) is 5.69 Å². The van der Waals surface area contributed by atoms with Crippen molar-refractivity contribution in [2.24, 2.45) is 0 Å². The van der Waals surface area contributed by atoms with E-state index >= 15 is 0 Å². The molecule has 1 amide bonds. The van der Waals surface area contributed by atoms with Crippen LogP contribution in [0.5, 0.6) is 11.5 Å². The molecule has 1 N–H and O–H groups in total. The maximum absolute atomic E-state index is 12.5. The Kier molecular flexibility index (Phi) is 3.88. The highest BCUT2D eigenvalue weighted by molar-refractivity contribution is 7.13. The van der Waals surface area contributed by atoms with Crippen molar-refractivity contribution >= 4 is 22.9 Å². The summed E-state index contributed by atoms with van der Waals surface area (Å²) in [6.07, 6.45) is 3.32. The zero-order valence-corrected chi connectivity index (χ0v) is 13.5. The SMILES string of the molecule is O=C(Nc1ccc2c(c1)OCCO2)c1cncc(-c2cccs2)c1. The average Bonchev–Trinajstić information content (AvgIpc) is 3.16. The minimum atomic E-state index is -0.211. The first-order valence-corrected chi connectivity index (χ1v) is 8.37. The van der Waals surface area contributed by atoms with Crippen LogP contribution in [0.1, 0.15) is 10.4 Å². The lowest BCUT2D eigenvalue weighted by Gasteiger charge is -2.19. The number of nitrogens with zero attached hydrogens (tertiary/aromatic N) is 1. The molecule has 0 aliphatic carbocycles. The fraction of sp³-hybridized carbons (Fsp3) is 0.111. The molecule has 0 saturated carbocycles. The van der Waals surface area contributed by atoms with Crippen molar-refractivity contribution in [3.05, 3.63) is 59.7 Å². The highest BCUT2D eigenvalue weighted by atomic mass is 32.1. The van der Waals surface area contributed by atoms with Gasteiger partial charge in [-0.15, -0.1) is 11.3 Å². The number of ether oxygens (including phenoxy) is 2. The molecule has 6 heteroatoms. The summed E-state index contributed by atoms with van der Waals surface area (Å²) in [5.41, 5.74) is 2.10. The second kappa shape index (κ2) is 6.33. The van der Waals surface area contributed by atoms with Gasteiger partial charge in [0, 0.05) is 34.6 Å². The summed E-state index contributed by atoms with van der Waals surface area (Å²) < 4.78 is 11.0. The lowest BCUT2D eigenvalue weighted by atomic mass is 10.1. The first kappa shape index (κ1) is 14.7. The van der Waals surface area contributed by atoms with Crippen molar-refractivity contribution < 1.29 is 14.3 Å². The first-order valence-electron chi connectivity index (χ1n) is 7.49. The van der Waals surface area contributed by atoms with Crippen molar-refractivity contribution in [3.8, 4) is 21.9 Å². The van der Waals surface area contributed by atoms with Gasteiger partial charge in [-0.2, -0.15) is 0 Å². The zero-order valence-electron chi connectivity index (χ0n) is 12.7. The van der Waals surface area contributed by atoms with Crippen LogP contribution >= 0.6 is 11.3 Å². The topological polar surface area (TPSA) is 60.5 Å². The van der Waals surface area contributed by atoms with Gasteiger partial charge >= 0.3 is 0 Å². The zero-order chi connectivity index (χ0) is 16.4. The fourth-order valence-electron chi connectivity index (χ4n) is 2.47. The summed E-state index contributed by atoms with van der Waals surface area (Å²) in [6.45, 7) is 1.05. The Bertz CT molecular complexity index is 878. The van der Waals surface area contributed by atoms with Crippen LogP contribution in [-0.2, 0) is 0 Å². The Balaban J connectivity index is 1.55. The molecule has 0 atom stereocenters. The second-order valence-electron chi connectivity index (χ2n) is 5.25. The van der Waals surface area contributed by atoms with Crippen LogP contribution in [0.3, 0.4) is 0 Å². The van der Waals surface area contributed by atoms with E-state index in [0.29, 0.717) is 36.0 Å². The lowest BCUT2D eigenvalue weighted by Crippen LogP contribution is -2.16. The second-order valence-corrected chi connectivity index (χ2v) is 6.20. The number of rotatable bonds is 3. The molecule has 1 aliphatic heterocycles. The summed E-state index contributed by atoms with van der Waals surface area (Å²) in [6, 6.07) is 11.2. The number of amides is 1. The predicted molar refractivity (Wildman–Crippen MR) is 92.9 cm³/mol. The number of carbonyl (C=O) groups is 1. The summed E-state index contributed by atoms with van der Waals surface area (Å²) in [7, 11) is 0. The molecular weight excluding hydrogens is 324 g/mol. The summed E-state index contributed by atoms with van der Waals surface area (Å²) in [5, 5.41) is 4.87. The van der Waals surface area contributed by atoms with E-state index in [9.17, 15) is 4.79 Å². The Morgan fingerprint density at radius 1 is 1.08 bits per heavy atom. The third kappa shape index (κ3) is 2.96. The maximum atomic E-state index is 12.5. The third-order valence-corrected chi connectivity index (χ3v) is 4.53. The van der Waals surface area contributed by atoms with Crippen LogP contribution in [0.15, 0.2) is 54.2 Å². The number of fused-ring (bicyclic) bond motifs is 1. The van der Waals surface area contributed by atoms with E-state index in [0.717, 1.165) is 10.4 Å². The van der Waals surface area contributed by atoms with E-state index in [1.807, 2.05) is 23.6 Å². The monoisotopic (exact) mass is 338 g/mol. The summed E-state index contributed by atoms with van der Waals surface area (Å²) >= 11 is 1.61. The Hall–Kier alpha value is -2.86. The minimum absolute atomic E-state index is 0.211. The molecule has 0 spiro atoms. The van der Waals surface area contributed by atoms with Gasteiger partial charge in [0.15, 0.2) is 11.5 Å². The quantitative estimate of drug-likeness (QED) is 0.788. The molecule has 5 nitrogen and oxygen atoms in total. The molecule has 3 aromatic rings. The van der Waals surface area contributed by atoms with Gasteiger partial charge in [-0.05, 0) is 29.6 Å². The Morgan fingerprint density at radius 2 is 1.96 bits per heavy atom. The van der Waals surface area contributed by atoms with Gasteiger partial charge in [-0.1, -0.05) is 6.07 Å². The first-order chi connectivity index (χ1) is 11.8. The van der Waals surface area contributed by atoms with E-state index in [1.165, 1.54) is 0 Å². The van der Waals surface area contributed by atoms with Crippen molar-refractivity contribution in [1.29, 1.82) is 0 Å². The lowest BCUT2D eigenvalue weighted by molar-refractivity contribution is 0.102. The number of hydrogen-bond donors (Lipinski definition) is 1. The number of aromatic nitrogens is 1. The molecule has 4 rings (SSSR count). The number of nitrogens with one attached hydrogen (secondary N) is 1. The van der Waals surface area contributed by atoms with E-state index in [-0.39, 0.29) is 5.91 Å². The summed E-state index contributed by atoms with van der Waals surface area (Å²) in [4.78, 5) is 17.7. The van der Waals surface area contributed by atoms with Crippen molar-refractivity contribution in [1.82, 2.24) is 4.98 Å². The molecule has 120 valence electrons. The molecular formula is C18H14N2O3S. The fourth-order valence-corrected chi connectivity index (χ4v) is 3.17. The average molecular weight is 338 g/mol. The van der Waals surface area contributed by atoms with Crippen molar-refractivity contribution in [2.75, 3.05) is 18.5 Å². The number of thiophene rings is 1. The van der Waals surface area contributed by atoms with Gasteiger partial charge in [0.05, 0.1) is 5.56 Å².